The van der Waals surface area contributed by atoms with Gasteiger partial charge in [0.2, 0.25) is 0 Å². The maximum absolute atomic E-state index is 6.19. The largest absolute Gasteiger partial charge is 0.490 e. The minimum Gasteiger partial charge on any atom is -0.490 e. The number of halogens is 3. The molecule has 0 heterocycles. The van der Waals surface area contributed by atoms with E-state index in [2.05, 4.69) is 33.1 Å². The van der Waals surface area contributed by atoms with Gasteiger partial charge in [0.15, 0.2) is 11.5 Å². The molecule has 30 heavy (non-hydrogen) atoms. The van der Waals surface area contributed by atoms with Crippen LogP contribution in [0.25, 0.3) is 0 Å². The fraction of sp³-hybridized carbons (Fsp3) is 0.174. The molecule has 0 saturated heterocycles. The van der Waals surface area contributed by atoms with Gasteiger partial charge >= 0.3 is 0 Å². The second-order valence-electron chi connectivity index (χ2n) is 6.33. The van der Waals surface area contributed by atoms with Gasteiger partial charge < -0.3 is 14.9 Å². The van der Waals surface area contributed by atoms with E-state index in [1.54, 1.807) is 18.3 Å². The normalized spacial score (nSPS) is 10.9. The summed E-state index contributed by atoms with van der Waals surface area (Å²) in [5.41, 5.74) is 5.80. The van der Waals surface area contributed by atoms with Gasteiger partial charge in [-0.15, -0.1) is 0 Å². The number of nitrogens with zero attached hydrogens (tertiary/aromatic N) is 1. The topological polar surface area (TPSA) is 42.8 Å². The van der Waals surface area contributed by atoms with Crippen molar-refractivity contribution in [3.63, 3.8) is 0 Å². The number of hydrazone groups is 1. The van der Waals surface area contributed by atoms with E-state index in [1.165, 1.54) is 0 Å². The highest BCUT2D eigenvalue weighted by Gasteiger charge is 2.12. The first-order valence-corrected chi connectivity index (χ1v) is 11.2. The lowest BCUT2D eigenvalue weighted by Crippen LogP contribution is -2.07. The Hall–Kier alpha value is -1.96. The zero-order chi connectivity index (χ0) is 21.3. The SMILES string of the molecule is CCOc1cc(/C=N/NCc2c(Cl)cccc2Cl)cc(I)c1OCc1ccccc1. The van der Waals surface area contributed by atoms with Gasteiger partial charge in [-0.05, 0) is 64.9 Å². The van der Waals surface area contributed by atoms with E-state index < -0.39 is 0 Å². The van der Waals surface area contributed by atoms with Crippen LogP contribution >= 0.6 is 45.8 Å². The van der Waals surface area contributed by atoms with Crippen LogP contribution in [0, 0.1) is 3.57 Å². The number of rotatable bonds is 9. The molecule has 0 saturated carbocycles. The molecule has 3 aromatic rings. The van der Waals surface area contributed by atoms with E-state index in [4.69, 9.17) is 32.7 Å². The summed E-state index contributed by atoms with van der Waals surface area (Å²) in [4.78, 5) is 0. The molecule has 0 aliphatic carbocycles. The highest BCUT2D eigenvalue weighted by molar-refractivity contribution is 14.1. The highest BCUT2D eigenvalue weighted by Crippen LogP contribution is 2.34. The van der Waals surface area contributed by atoms with Gasteiger partial charge in [-0.25, -0.2) is 0 Å². The molecule has 3 aromatic carbocycles. The molecule has 0 aliphatic rings. The number of hydrogen-bond acceptors (Lipinski definition) is 4. The third-order valence-electron chi connectivity index (χ3n) is 4.18. The molecule has 1 N–H and O–H groups in total. The van der Waals surface area contributed by atoms with Crippen LogP contribution in [0.4, 0.5) is 0 Å². The Balaban J connectivity index is 1.70. The lowest BCUT2D eigenvalue weighted by Gasteiger charge is -2.14. The van der Waals surface area contributed by atoms with Crippen molar-refractivity contribution in [3.05, 3.63) is 91.0 Å². The summed E-state index contributed by atoms with van der Waals surface area (Å²) in [6.07, 6.45) is 1.73. The molecule has 4 nitrogen and oxygen atoms in total. The van der Waals surface area contributed by atoms with Crippen LogP contribution in [0.5, 0.6) is 11.5 Å². The van der Waals surface area contributed by atoms with Crippen molar-refractivity contribution in [2.75, 3.05) is 6.61 Å². The molecule has 0 aromatic heterocycles. The molecule has 0 fully saturated rings. The molecule has 7 heteroatoms. The third-order valence-corrected chi connectivity index (χ3v) is 5.69. The molecule has 0 amide bonds. The molecule has 3 rings (SSSR count). The molecule has 0 spiro atoms. The van der Waals surface area contributed by atoms with E-state index in [0.29, 0.717) is 35.6 Å². The number of nitrogens with one attached hydrogen (secondary N) is 1. The second kappa shape index (κ2) is 11.4. The van der Waals surface area contributed by atoms with Gasteiger partial charge in [-0.1, -0.05) is 59.6 Å². The van der Waals surface area contributed by atoms with E-state index in [1.807, 2.05) is 55.5 Å². The summed E-state index contributed by atoms with van der Waals surface area (Å²) in [7, 11) is 0. The van der Waals surface area contributed by atoms with Crippen LogP contribution < -0.4 is 14.9 Å². The van der Waals surface area contributed by atoms with Gasteiger partial charge in [0, 0.05) is 15.6 Å². The fourth-order valence-corrected chi connectivity index (χ4v) is 4.05. The molecule has 0 radical (unpaired) electrons. The Morgan fingerprint density at radius 1 is 1.00 bits per heavy atom. The number of ether oxygens (including phenoxy) is 2. The van der Waals surface area contributed by atoms with Crippen LogP contribution in [-0.4, -0.2) is 12.8 Å². The summed E-state index contributed by atoms with van der Waals surface area (Å²) in [5, 5.41) is 5.51. The first kappa shape index (κ1) is 22.7. The third kappa shape index (κ3) is 6.27. The molecule has 156 valence electrons. The van der Waals surface area contributed by atoms with Crippen molar-refractivity contribution in [1.29, 1.82) is 0 Å². The quantitative estimate of drug-likeness (QED) is 0.182. The molecular formula is C23H21Cl2IN2O2. The van der Waals surface area contributed by atoms with Gasteiger partial charge in [-0.2, -0.15) is 5.10 Å². The molecular weight excluding hydrogens is 534 g/mol. The molecule has 0 unspecified atom stereocenters. The first-order chi connectivity index (χ1) is 14.6. The predicted octanol–water partition coefficient (Wildman–Crippen LogP) is 6.70. The van der Waals surface area contributed by atoms with E-state index in [-0.39, 0.29) is 0 Å². The Morgan fingerprint density at radius 2 is 1.73 bits per heavy atom. The average Bonchev–Trinajstić information content (AvgIpc) is 2.73. The van der Waals surface area contributed by atoms with Crippen molar-refractivity contribution < 1.29 is 9.47 Å². The van der Waals surface area contributed by atoms with Gasteiger partial charge in [-0.3, -0.25) is 0 Å². The fourth-order valence-electron chi connectivity index (χ4n) is 2.74. The molecule has 0 bridgehead atoms. The van der Waals surface area contributed by atoms with E-state index >= 15 is 0 Å². The summed E-state index contributed by atoms with van der Waals surface area (Å²) in [5.74, 6) is 1.42. The van der Waals surface area contributed by atoms with Crippen LogP contribution in [0.3, 0.4) is 0 Å². The van der Waals surface area contributed by atoms with Crippen LogP contribution in [0.2, 0.25) is 10.0 Å². The summed E-state index contributed by atoms with van der Waals surface area (Å²) in [6, 6.07) is 19.4. The Morgan fingerprint density at radius 3 is 2.43 bits per heavy atom. The Bertz CT molecular complexity index is 993. The monoisotopic (exact) mass is 554 g/mol. The van der Waals surface area contributed by atoms with Crippen molar-refractivity contribution in [2.24, 2.45) is 5.10 Å². The van der Waals surface area contributed by atoms with Gasteiger partial charge in [0.1, 0.15) is 6.61 Å². The van der Waals surface area contributed by atoms with Crippen molar-refractivity contribution in [1.82, 2.24) is 5.43 Å². The zero-order valence-corrected chi connectivity index (χ0v) is 20.0. The average molecular weight is 555 g/mol. The van der Waals surface area contributed by atoms with Crippen LogP contribution in [0.1, 0.15) is 23.6 Å². The first-order valence-electron chi connectivity index (χ1n) is 9.40. The highest BCUT2D eigenvalue weighted by atomic mass is 127. The Labute approximate surface area is 200 Å². The van der Waals surface area contributed by atoms with E-state index in [0.717, 1.165) is 26.0 Å². The van der Waals surface area contributed by atoms with Crippen molar-refractivity contribution in [3.8, 4) is 11.5 Å². The maximum atomic E-state index is 6.19. The second-order valence-corrected chi connectivity index (χ2v) is 8.31. The minimum atomic E-state index is 0.433. The molecule has 0 atom stereocenters. The van der Waals surface area contributed by atoms with Crippen molar-refractivity contribution >= 4 is 52.0 Å². The predicted molar refractivity (Wildman–Crippen MR) is 132 cm³/mol. The lowest BCUT2D eigenvalue weighted by molar-refractivity contribution is 0.267. The standard InChI is InChI=1S/C23H21Cl2IN2O2/c1-2-29-22-12-17(13-27-28-14-18-19(24)9-6-10-20(18)25)11-21(26)23(22)30-15-16-7-4-3-5-8-16/h3-13,28H,2,14-15H2,1H3/b27-13+. The number of hydrogen-bond donors (Lipinski definition) is 1. The van der Waals surface area contributed by atoms with Crippen molar-refractivity contribution in [2.45, 2.75) is 20.1 Å². The Kier molecular flexibility index (Phi) is 8.66. The van der Waals surface area contributed by atoms with E-state index in [9.17, 15) is 0 Å². The number of benzene rings is 3. The van der Waals surface area contributed by atoms with Gasteiger partial charge in [0.05, 0.1) is 22.9 Å². The maximum Gasteiger partial charge on any atom is 0.175 e. The molecule has 0 aliphatic heterocycles. The summed E-state index contributed by atoms with van der Waals surface area (Å²) in [6.45, 7) is 3.40. The van der Waals surface area contributed by atoms with Crippen LogP contribution in [0.15, 0.2) is 65.8 Å². The van der Waals surface area contributed by atoms with Gasteiger partial charge in [0.25, 0.3) is 0 Å². The zero-order valence-electron chi connectivity index (χ0n) is 16.4. The van der Waals surface area contributed by atoms with Crippen LogP contribution in [-0.2, 0) is 13.2 Å². The summed E-state index contributed by atoms with van der Waals surface area (Å²) < 4.78 is 12.8. The lowest BCUT2D eigenvalue weighted by atomic mass is 10.2. The minimum absolute atomic E-state index is 0.433. The smallest absolute Gasteiger partial charge is 0.175 e. The summed E-state index contributed by atoms with van der Waals surface area (Å²) >= 11 is 14.6.